The molecule has 2 heterocycles. The van der Waals surface area contributed by atoms with Gasteiger partial charge in [0.2, 0.25) is 5.91 Å². The molecule has 1 amide bonds. The molecule has 5 heteroatoms. The summed E-state index contributed by atoms with van der Waals surface area (Å²) >= 11 is 0. The maximum absolute atomic E-state index is 12.0. The van der Waals surface area contributed by atoms with Gasteiger partial charge in [0, 0.05) is 48.6 Å². The number of aromatic nitrogens is 2. The molecule has 2 aromatic rings. The van der Waals surface area contributed by atoms with Gasteiger partial charge in [-0.25, -0.2) is 4.98 Å². The van der Waals surface area contributed by atoms with Gasteiger partial charge in [-0.1, -0.05) is 0 Å². The Hall–Kier alpha value is -2.43. The van der Waals surface area contributed by atoms with Gasteiger partial charge in [0.25, 0.3) is 0 Å². The Morgan fingerprint density at radius 3 is 2.79 bits per heavy atom. The van der Waals surface area contributed by atoms with Gasteiger partial charge in [0.05, 0.1) is 0 Å². The highest BCUT2D eigenvalue weighted by atomic mass is 16.2. The summed E-state index contributed by atoms with van der Waals surface area (Å²) in [5, 5.41) is 0.829. The van der Waals surface area contributed by atoms with Crippen LogP contribution in [0.1, 0.15) is 12.5 Å². The number of nitrogens with zero attached hydrogens (tertiary/aromatic N) is 2. The SMILES string of the molecule is C/C(C(=O)N(C)C)=C(/C=O)c1c[nH]c2ncccc12. The minimum atomic E-state index is -0.180. The second kappa shape index (κ2) is 5.06. The summed E-state index contributed by atoms with van der Waals surface area (Å²) in [6, 6.07) is 3.66. The van der Waals surface area contributed by atoms with E-state index in [1.165, 1.54) is 4.90 Å². The number of aldehydes is 1. The van der Waals surface area contributed by atoms with Crippen molar-refractivity contribution in [3.63, 3.8) is 0 Å². The van der Waals surface area contributed by atoms with Crippen LogP contribution >= 0.6 is 0 Å². The quantitative estimate of drug-likeness (QED) is 0.671. The molecule has 0 unspecified atom stereocenters. The van der Waals surface area contributed by atoms with Gasteiger partial charge in [-0.3, -0.25) is 9.59 Å². The predicted octanol–water partition coefficient (Wildman–Crippen LogP) is 1.62. The van der Waals surface area contributed by atoms with Gasteiger partial charge >= 0.3 is 0 Å². The van der Waals surface area contributed by atoms with E-state index in [4.69, 9.17) is 0 Å². The van der Waals surface area contributed by atoms with Crippen LogP contribution in [0.2, 0.25) is 0 Å². The summed E-state index contributed by atoms with van der Waals surface area (Å²) in [6.45, 7) is 1.65. The number of rotatable bonds is 3. The lowest BCUT2D eigenvalue weighted by atomic mass is 10.0. The standard InChI is InChI=1S/C14H15N3O2/c1-9(14(19)17(2)3)12(8-18)11-7-16-13-10(11)5-4-6-15-13/h4-8H,1-3H3,(H,15,16)/b12-9+. The Morgan fingerprint density at radius 1 is 1.42 bits per heavy atom. The fourth-order valence-corrected chi connectivity index (χ4v) is 1.98. The van der Waals surface area contributed by atoms with Gasteiger partial charge in [0.1, 0.15) is 5.65 Å². The molecule has 5 nitrogen and oxygen atoms in total. The van der Waals surface area contributed by atoms with Gasteiger partial charge in [-0.05, 0) is 19.1 Å². The van der Waals surface area contributed by atoms with Crippen LogP contribution in [0.5, 0.6) is 0 Å². The third-order valence-corrected chi connectivity index (χ3v) is 2.99. The van der Waals surface area contributed by atoms with Crippen LogP contribution < -0.4 is 0 Å². The molecule has 0 spiro atoms. The number of hydrogen-bond acceptors (Lipinski definition) is 3. The molecule has 0 bridgehead atoms. The van der Waals surface area contributed by atoms with Crippen molar-refractivity contribution in [2.45, 2.75) is 6.92 Å². The number of amides is 1. The lowest BCUT2D eigenvalue weighted by molar-refractivity contribution is -0.124. The molecule has 19 heavy (non-hydrogen) atoms. The highest BCUT2D eigenvalue weighted by Crippen LogP contribution is 2.25. The molecule has 1 N–H and O–H groups in total. The number of carbonyl (C=O) groups is 2. The Morgan fingerprint density at radius 2 is 2.16 bits per heavy atom. The Labute approximate surface area is 110 Å². The molecule has 0 aliphatic heterocycles. The normalized spacial score (nSPS) is 12.2. The molecule has 2 rings (SSSR count). The molecule has 0 aliphatic carbocycles. The molecule has 0 aromatic carbocycles. The average Bonchev–Trinajstić information content (AvgIpc) is 2.83. The highest BCUT2D eigenvalue weighted by Gasteiger charge is 2.16. The topological polar surface area (TPSA) is 66.1 Å². The minimum absolute atomic E-state index is 0.180. The zero-order chi connectivity index (χ0) is 14.0. The molecule has 98 valence electrons. The molecule has 0 aliphatic rings. The van der Waals surface area contributed by atoms with E-state index in [0.29, 0.717) is 28.6 Å². The molecular formula is C14H15N3O2. The number of fused-ring (bicyclic) bond motifs is 1. The van der Waals surface area contributed by atoms with E-state index in [0.717, 1.165) is 5.39 Å². The van der Waals surface area contributed by atoms with E-state index in [-0.39, 0.29) is 5.91 Å². The van der Waals surface area contributed by atoms with Crippen molar-refractivity contribution in [3.8, 4) is 0 Å². The zero-order valence-electron chi connectivity index (χ0n) is 11.1. The summed E-state index contributed by atoms with van der Waals surface area (Å²) in [5.74, 6) is -0.180. The smallest absolute Gasteiger partial charge is 0.249 e. The van der Waals surface area contributed by atoms with E-state index in [9.17, 15) is 9.59 Å². The van der Waals surface area contributed by atoms with Crippen LogP contribution in [0.25, 0.3) is 16.6 Å². The van der Waals surface area contributed by atoms with Gasteiger partial charge in [0.15, 0.2) is 6.29 Å². The number of aromatic amines is 1. The number of carbonyl (C=O) groups excluding carboxylic acids is 2. The maximum Gasteiger partial charge on any atom is 0.249 e. The molecule has 0 atom stereocenters. The number of hydrogen-bond donors (Lipinski definition) is 1. The molecule has 2 aromatic heterocycles. The molecule has 0 fully saturated rings. The van der Waals surface area contributed by atoms with Crippen molar-refractivity contribution in [1.29, 1.82) is 0 Å². The van der Waals surface area contributed by atoms with Gasteiger partial charge in [-0.2, -0.15) is 0 Å². The lowest BCUT2D eigenvalue weighted by Crippen LogP contribution is -2.23. The van der Waals surface area contributed by atoms with Crippen LogP contribution in [-0.2, 0) is 9.59 Å². The Balaban J connectivity index is 2.63. The van der Waals surface area contributed by atoms with Crippen molar-refractivity contribution >= 4 is 28.8 Å². The average molecular weight is 257 g/mol. The van der Waals surface area contributed by atoms with E-state index < -0.39 is 0 Å². The number of allylic oxidation sites excluding steroid dienone is 1. The van der Waals surface area contributed by atoms with E-state index in [1.807, 2.05) is 6.07 Å². The van der Waals surface area contributed by atoms with Crippen LogP contribution in [0.15, 0.2) is 30.1 Å². The Kier molecular flexibility index (Phi) is 3.46. The van der Waals surface area contributed by atoms with E-state index >= 15 is 0 Å². The Bertz CT molecular complexity index is 668. The zero-order valence-corrected chi connectivity index (χ0v) is 11.1. The number of H-pyrrole nitrogens is 1. The summed E-state index contributed by atoms with van der Waals surface area (Å²) in [5.41, 5.74) is 2.20. The lowest BCUT2D eigenvalue weighted by Gasteiger charge is -2.12. The van der Waals surface area contributed by atoms with E-state index in [2.05, 4.69) is 9.97 Å². The van der Waals surface area contributed by atoms with Crippen LogP contribution in [0.3, 0.4) is 0 Å². The summed E-state index contributed by atoms with van der Waals surface area (Å²) in [4.78, 5) is 31.9. The highest BCUT2D eigenvalue weighted by molar-refractivity contribution is 6.19. The molecule has 0 saturated heterocycles. The summed E-state index contributed by atoms with van der Waals surface area (Å²) < 4.78 is 0. The summed E-state index contributed by atoms with van der Waals surface area (Å²) in [6.07, 6.45) is 4.09. The van der Waals surface area contributed by atoms with Crippen molar-refractivity contribution < 1.29 is 9.59 Å². The third-order valence-electron chi connectivity index (χ3n) is 2.99. The largest absolute Gasteiger partial charge is 0.346 e. The van der Waals surface area contributed by atoms with Crippen molar-refractivity contribution in [1.82, 2.24) is 14.9 Å². The maximum atomic E-state index is 12.0. The first-order valence-corrected chi connectivity index (χ1v) is 5.86. The third kappa shape index (κ3) is 2.27. The van der Waals surface area contributed by atoms with E-state index in [1.54, 1.807) is 39.5 Å². The molecule has 0 radical (unpaired) electrons. The van der Waals surface area contributed by atoms with Crippen LogP contribution in [-0.4, -0.2) is 41.2 Å². The first-order chi connectivity index (χ1) is 9.06. The number of nitrogens with one attached hydrogen (secondary N) is 1. The number of pyridine rings is 1. The minimum Gasteiger partial charge on any atom is -0.346 e. The second-order valence-electron chi connectivity index (χ2n) is 4.46. The summed E-state index contributed by atoms with van der Waals surface area (Å²) in [7, 11) is 3.32. The van der Waals surface area contributed by atoms with Crippen LogP contribution in [0.4, 0.5) is 0 Å². The monoisotopic (exact) mass is 257 g/mol. The van der Waals surface area contributed by atoms with Gasteiger partial charge < -0.3 is 9.88 Å². The van der Waals surface area contributed by atoms with Gasteiger partial charge in [-0.15, -0.1) is 0 Å². The van der Waals surface area contributed by atoms with Crippen LogP contribution in [0, 0.1) is 0 Å². The first kappa shape index (κ1) is 13.0. The fourth-order valence-electron chi connectivity index (χ4n) is 1.98. The second-order valence-corrected chi connectivity index (χ2v) is 4.46. The molecule has 0 saturated carbocycles. The number of likely N-dealkylation sites (N-methyl/N-ethyl adjacent to an activating group) is 1. The first-order valence-electron chi connectivity index (χ1n) is 5.86. The van der Waals surface area contributed by atoms with Crippen molar-refractivity contribution in [3.05, 3.63) is 35.7 Å². The predicted molar refractivity (Wildman–Crippen MR) is 73.4 cm³/mol. The fraction of sp³-hybridized carbons (Fsp3) is 0.214. The molecular weight excluding hydrogens is 242 g/mol. The van der Waals surface area contributed by atoms with Crippen molar-refractivity contribution in [2.24, 2.45) is 0 Å². The van der Waals surface area contributed by atoms with Crippen molar-refractivity contribution in [2.75, 3.05) is 14.1 Å².